The summed E-state index contributed by atoms with van der Waals surface area (Å²) in [6, 6.07) is 9.36. The molecule has 30 heavy (non-hydrogen) atoms. The number of rotatable bonds is 8. The average Bonchev–Trinajstić information content (AvgIpc) is 3.23. The molecule has 0 aliphatic heterocycles. The summed E-state index contributed by atoms with van der Waals surface area (Å²) in [5, 5.41) is 26.4. The minimum atomic E-state index is -0.783. The Morgan fingerprint density at radius 3 is 2.23 bits per heavy atom. The molecule has 0 radical (unpaired) electrons. The summed E-state index contributed by atoms with van der Waals surface area (Å²) >= 11 is 0. The van der Waals surface area contributed by atoms with E-state index in [-0.39, 0.29) is 5.41 Å². The molecule has 0 amide bonds. The molecule has 0 bridgehead atoms. The Bertz CT molecular complexity index is 985. The highest BCUT2D eigenvalue weighted by Gasteiger charge is 2.35. The summed E-state index contributed by atoms with van der Waals surface area (Å²) in [4.78, 5) is 20.5. The fourth-order valence-electron chi connectivity index (χ4n) is 3.77. The second kappa shape index (κ2) is 8.76. The molecule has 0 atom stereocenters. The summed E-state index contributed by atoms with van der Waals surface area (Å²) in [5.74, 6) is 1.27. The second-order valence-electron chi connectivity index (χ2n) is 7.02. The highest BCUT2D eigenvalue weighted by atomic mass is 16.6. The number of nitrogens with one attached hydrogen (secondary N) is 1. The molecule has 10 heteroatoms. The van der Waals surface area contributed by atoms with Crippen molar-refractivity contribution in [2.45, 2.75) is 31.1 Å². The SMILES string of the molecule is COc1ccc(C2(/C=N\Nc3ccc([N+](=O)[O-])c([N+](=O)[O-])c3)CCCC2)cc1OC. The van der Waals surface area contributed by atoms with Gasteiger partial charge in [0, 0.05) is 23.8 Å². The maximum atomic E-state index is 11.1. The first-order chi connectivity index (χ1) is 14.4. The highest BCUT2D eigenvalue weighted by molar-refractivity contribution is 5.76. The monoisotopic (exact) mass is 414 g/mol. The Morgan fingerprint density at radius 2 is 1.63 bits per heavy atom. The zero-order valence-corrected chi connectivity index (χ0v) is 16.7. The van der Waals surface area contributed by atoms with E-state index in [2.05, 4.69) is 10.5 Å². The smallest absolute Gasteiger partial charge is 0.348 e. The lowest BCUT2D eigenvalue weighted by atomic mass is 9.80. The van der Waals surface area contributed by atoms with Crippen LogP contribution in [-0.2, 0) is 5.41 Å². The van der Waals surface area contributed by atoms with Crippen LogP contribution in [0.4, 0.5) is 17.1 Å². The third kappa shape index (κ3) is 4.17. The van der Waals surface area contributed by atoms with Crippen LogP contribution in [0.1, 0.15) is 31.2 Å². The van der Waals surface area contributed by atoms with E-state index in [1.54, 1.807) is 20.4 Å². The maximum absolute atomic E-state index is 11.1. The van der Waals surface area contributed by atoms with Gasteiger partial charge >= 0.3 is 11.4 Å². The largest absolute Gasteiger partial charge is 0.493 e. The highest BCUT2D eigenvalue weighted by Crippen LogP contribution is 2.42. The van der Waals surface area contributed by atoms with Crippen LogP contribution in [0.3, 0.4) is 0 Å². The van der Waals surface area contributed by atoms with Crippen molar-refractivity contribution >= 4 is 23.3 Å². The Labute approximate surface area is 172 Å². The van der Waals surface area contributed by atoms with Gasteiger partial charge in [0.05, 0.1) is 29.8 Å². The van der Waals surface area contributed by atoms with Gasteiger partial charge in [0.1, 0.15) is 0 Å². The number of anilines is 1. The predicted octanol–water partition coefficient (Wildman–Crippen LogP) is 4.43. The van der Waals surface area contributed by atoms with Crippen molar-refractivity contribution in [1.82, 2.24) is 0 Å². The molecule has 1 aliphatic rings. The van der Waals surface area contributed by atoms with Crippen molar-refractivity contribution < 1.29 is 19.3 Å². The van der Waals surface area contributed by atoms with Gasteiger partial charge in [-0.05, 0) is 36.6 Å². The lowest BCUT2D eigenvalue weighted by molar-refractivity contribution is -0.422. The van der Waals surface area contributed by atoms with Crippen LogP contribution in [-0.4, -0.2) is 30.3 Å². The lowest BCUT2D eigenvalue weighted by Gasteiger charge is -2.25. The molecule has 10 nitrogen and oxygen atoms in total. The average molecular weight is 414 g/mol. The van der Waals surface area contributed by atoms with Crippen molar-refractivity contribution in [1.29, 1.82) is 0 Å². The third-order valence-corrected chi connectivity index (χ3v) is 5.33. The van der Waals surface area contributed by atoms with Gasteiger partial charge in [-0.1, -0.05) is 18.9 Å². The molecule has 1 fully saturated rings. The molecule has 158 valence electrons. The first-order valence-electron chi connectivity index (χ1n) is 9.36. The molecule has 2 aromatic carbocycles. The van der Waals surface area contributed by atoms with Crippen LogP contribution in [0.2, 0.25) is 0 Å². The van der Waals surface area contributed by atoms with E-state index in [4.69, 9.17) is 9.47 Å². The Kier molecular flexibility index (Phi) is 6.14. The molecular weight excluding hydrogens is 392 g/mol. The number of hydrazone groups is 1. The molecule has 1 saturated carbocycles. The topological polar surface area (TPSA) is 129 Å². The quantitative estimate of drug-likeness (QED) is 0.384. The van der Waals surface area contributed by atoms with Gasteiger partial charge in [-0.3, -0.25) is 25.7 Å². The molecule has 0 spiro atoms. The van der Waals surface area contributed by atoms with Crippen molar-refractivity contribution in [3.8, 4) is 11.5 Å². The maximum Gasteiger partial charge on any atom is 0.348 e. The van der Waals surface area contributed by atoms with E-state index in [9.17, 15) is 20.2 Å². The standard InChI is InChI=1S/C20H22N4O6/c1-29-18-8-5-14(11-19(18)30-2)20(9-3-4-10-20)13-21-22-15-6-7-16(23(25)26)17(12-15)24(27)28/h5-8,11-13,22H,3-4,9-10H2,1-2H3/b21-13-. The molecule has 1 N–H and O–H groups in total. The van der Waals surface area contributed by atoms with Gasteiger partial charge in [0.15, 0.2) is 11.5 Å². The van der Waals surface area contributed by atoms with Crippen LogP contribution >= 0.6 is 0 Å². The second-order valence-corrected chi connectivity index (χ2v) is 7.02. The fraction of sp³-hybridized carbons (Fsp3) is 0.350. The van der Waals surface area contributed by atoms with E-state index in [0.717, 1.165) is 43.4 Å². The first kappa shape index (κ1) is 21.0. The molecule has 2 aromatic rings. The van der Waals surface area contributed by atoms with Crippen molar-refractivity contribution in [2.75, 3.05) is 19.6 Å². The van der Waals surface area contributed by atoms with Crippen LogP contribution in [0, 0.1) is 20.2 Å². The van der Waals surface area contributed by atoms with E-state index >= 15 is 0 Å². The van der Waals surface area contributed by atoms with Crippen molar-refractivity contribution in [3.63, 3.8) is 0 Å². The molecule has 0 aromatic heterocycles. The summed E-state index contributed by atoms with van der Waals surface area (Å²) in [7, 11) is 3.16. The minimum absolute atomic E-state index is 0.295. The number of hydrogen-bond donors (Lipinski definition) is 1. The van der Waals surface area contributed by atoms with Crippen LogP contribution < -0.4 is 14.9 Å². The van der Waals surface area contributed by atoms with Gasteiger partial charge in [-0.15, -0.1) is 0 Å². The van der Waals surface area contributed by atoms with Gasteiger partial charge in [-0.2, -0.15) is 5.10 Å². The van der Waals surface area contributed by atoms with Crippen molar-refractivity contribution in [3.05, 3.63) is 62.2 Å². The number of nitro groups is 2. The van der Waals surface area contributed by atoms with E-state index < -0.39 is 21.2 Å². The Balaban J connectivity index is 1.87. The van der Waals surface area contributed by atoms with Gasteiger partial charge in [-0.25, -0.2) is 0 Å². The molecular formula is C20H22N4O6. The van der Waals surface area contributed by atoms with Crippen LogP contribution in [0.25, 0.3) is 0 Å². The predicted molar refractivity (Wildman–Crippen MR) is 112 cm³/mol. The molecule has 3 rings (SSSR count). The minimum Gasteiger partial charge on any atom is -0.493 e. The van der Waals surface area contributed by atoms with Gasteiger partial charge < -0.3 is 9.47 Å². The molecule has 0 unspecified atom stereocenters. The van der Waals surface area contributed by atoms with Crippen molar-refractivity contribution in [2.24, 2.45) is 5.10 Å². The number of hydrogen-bond acceptors (Lipinski definition) is 8. The van der Waals surface area contributed by atoms with Gasteiger partial charge in [0.25, 0.3) is 0 Å². The number of nitro benzene ring substituents is 2. The zero-order chi connectivity index (χ0) is 21.7. The van der Waals surface area contributed by atoms with Crippen LogP contribution in [0.5, 0.6) is 11.5 Å². The normalized spacial score (nSPS) is 15.1. The summed E-state index contributed by atoms with van der Waals surface area (Å²) in [5.41, 5.74) is 2.64. The van der Waals surface area contributed by atoms with E-state index in [1.807, 2.05) is 18.2 Å². The summed E-state index contributed by atoms with van der Waals surface area (Å²) in [6.07, 6.45) is 5.68. The number of ether oxygens (including phenoxy) is 2. The fourth-order valence-corrected chi connectivity index (χ4v) is 3.77. The lowest BCUT2D eigenvalue weighted by Crippen LogP contribution is -2.24. The van der Waals surface area contributed by atoms with E-state index in [0.29, 0.717) is 17.2 Å². The van der Waals surface area contributed by atoms with Gasteiger partial charge in [0.2, 0.25) is 0 Å². The molecule has 1 aliphatic carbocycles. The number of benzene rings is 2. The van der Waals surface area contributed by atoms with E-state index in [1.165, 1.54) is 6.07 Å². The Morgan fingerprint density at radius 1 is 0.967 bits per heavy atom. The third-order valence-electron chi connectivity index (χ3n) is 5.33. The summed E-state index contributed by atoms with van der Waals surface area (Å²) in [6.45, 7) is 0. The first-order valence-corrected chi connectivity index (χ1v) is 9.36. The molecule has 0 saturated heterocycles. The van der Waals surface area contributed by atoms with Crippen LogP contribution in [0.15, 0.2) is 41.5 Å². The number of nitrogens with zero attached hydrogens (tertiary/aromatic N) is 3. The Hall–Kier alpha value is -3.69. The zero-order valence-electron chi connectivity index (χ0n) is 16.7. The summed E-state index contributed by atoms with van der Waals surface area (Å²) < 4.78 is 10.7. The number of methoxy groups -OCH3 is 2. The molecule has 0 heterocycles.